The van der Waals surface area contributed by atoms with E-state index in [9.17, 15) is 0 Å². The maximum atomic E-state index is 3.79. The molecule has 0 N–H and O–H groups in total. The summed E-state index contributed by atoms with van der Waals surface area (Å²) < 4.78 is 0. The van der Waals surface area contributed by atoms with E-state index in [0.717, 1.165) is 5.75 Å². The number of rotatable bonds is 2. The van der Waals surface area contributed by atoms with Crippen LogP contribution >= 0.6 is 12.6 Å². The summed E-state index contributed by atoms with van der Waals surface area (Å²) >= 11 is 3.79. The minimum absolute atomic E-state index is 0.272. The molecule has 2 aromatic rings. The van der Waals surface area contributed by atoms with E-state index in [-0.39, 0.29) is 5.41 Å². The van der Waals surface area contributed by atoms with Crippen molar-refractivity contribution in [2.45, 2.75) is 65.2 Å². The lowest BCUT2D eigenvalue weighted by atomic mass is 9.63. The van der Waals surface area contributed by atoms with Crippen LogP contribution in [0.1, 0.15) is 76.6 Å². The zero-order chi connectivity index (χ0) is 19.4. The first-order valence-corrected chi connectivity index (χ1v) is 10.3. The lowest BCUT2D eigenvalue weighted by Crippen LogP contribution is -2.33. The van der Waals surface area contributed by atoms with Gasteiger partial charge in [0.05, 0.1) is 0 Å². The van der Waals surface area contributed by atoms with Gasteiger partial charge in [0.2, 0.25) is 0 Å². The molecule has 0 aliphatic heterocycles. The molecule has 0 amide bonds. The molecule has 2 aromatic carbocycles. The average Bonchev–Trinajstić information content (AvgIpc) is 2.60. The predicted molar refractivity (Wildman–Crippen MR) is 121 cm³/mol. The fourth-order valence-corrected chi connectivity index (χ4v) is 3.72. The average molecular weight is 367 g/mol. The molecule has 1 aliphatic rings. The highest BCUT2D eigenvalue weighted by molar-refractivity contribution is 7.80. The van der Waals surface area contributed by atoms with Gasteiger partial charge in [0.15, 0.2) is 0 Å². The van der Waals surface area contributed by atoms with E-state index in [1.165, 1.54) is 40.7 Å². The molecule has 3 rings (SSSR count). The Bertz CT molecular complexity index is 751. The molecule has 0 unspecified atom stereocenters. The summed E-state index contributed by atoms with van der Waals surface area (Å²) in [5.74, 6) is 0.944. The third-order valence-electron chi connectivity index (χ3n) is 5.49. The van der Waals surface area contributed by atoms with Crippen molar-refractivity contribution in [3.8, 4) is 0 Å². The first-order valence-electron chi connectivity index (χ1n) is 9.71. The highest BCUT2D eigenvalue weighted by atomic mass is 32.1. The second kappa shape index (κ2) is 8.48. The van der Waals surface area contributed by atoms with Crippen LogP contribution in [0.4, 0.5) is 0 Å². The number of fused-ring (bicyclic) bond motifs is 1. The highest BCUT2D eigenvalue weighted by Crippen LogP contribution is 2.46. The monoisotopic (exact) mass is 366 g/mol. The van der Waals surface area contributed by atoms with Gasteiger partial charge in [0.25, 0.3) is 0 Å². The molecule has 0 saturated heterocycles. The normalized spacial score (nSPS) is 17.7. The Balaban J connectivity index is 0.000000758. The maximum absolute atomic E-state index is 3.79. The van der Waals surface area contributed by atoms with Crippen LogP contribution in [0.2, 0.25) is 0 Å². The summed E-state index contributed by atoms with van der Waals surface area (Å²) in [5, 5.41) is 0. The SMILES string of the molecule is C/C(=C\c1ccccc1)c1ccc2c(c1)C(C)(C)CCC2(C)C.CCS. The minimum Gasteiger partial charge on any atom is -0.180 e. The van der Waals surface area contributed by atoms with E-state index in [1.54, 1.807) is 0 Å². The Morgan fingerprint density at radius 2 is 1.46 bits per heavy atom. The third kappa shape index (κ3) is 4.82. The fourth-order valence-electron chi connectivity index (χ4n) is 3.72. The maximum Gasteiger partial charge on any atom is -0.0100 e. The van der Waals surface area contributed by atoms with Gasteiger partial charge in [-0.25, -0.2) is 0 Å². The van der Waals surface area contributed by atoms with Crippen molar-refractivity contribution in [2.24, 2.45) is 0 Å². The summed E-state index contributed by atoms with van der Waals surface area (Å²) in [6, 6.07) is 17.7. The van der Waals surface area contributed by atoms with Crippen molar-refractivity contribution >= 4 is 24.3 Å². The molecule has 1 heteroatoms. The van der Waals surface area contributed by atoms with Crippen LogP contribution in [0.5, 0.6) is 0 Å². The van der Waals surface area contributed by atoms with E-state index in [4.69, 9.17) is 0 Å². The molecule has 0 bridgehead atoms. The van der Waals surface area contributed by atoms with E-state index < -0.39 is 0 Å². The first kappa shape index (κ1) is 20.8. The second-order valence-electron chi connectivity index (χ2n) is 8.58. The summed E-state index contributed by atoms with van der Waals surface area (Å²) in [7, 11) is 0. The van der Waals surface area contributed by atoms with Crippen LogP contribution in [0.25, 0.3) is 11.6 Å². The van der Waals surface area contributed by atoms with Crippen LogP contribution < -0.4 is 0 Å². The van der Waals surface area contributed by atoms with E-state index in [2.05, 4.69) is 102 Å². The van der Waals surface area contributed by atoms with Crippen LogP contribution in [0, 0.1) is 0 Å². The summed E-state index contributed by atoms with van der Waals surface area (Å²) in [6.07, 6.45) is 4.81. The van der Waals surface area contributed by atoms with Crippen molar-refractivity contribution in [3.05, 3.63) is 70.8 Å². The van der Waals surface area contributed by atoms with Crippen molar-refractivity contribution in [3.63, 3.8) is 0 Å². The van der Waals surface area contributed by atoms with Crippen LogP contribution in [0.15, 0.2) is 48.5 Å². The van der Waals surface area contributed by atoms with Crippen molar-refractivity contribution in [1.29, 1.82) is 0 Å². The molecular weight excluding hydrogens is 332 g/mol. The van der Waals surface area contributed by atoms with Gasteiger partial charge in [-0.2, -0.15) is 12.6 Å². The van der Waals surface area contributed by atoms with Crippen molar-refractivity contribution in [2.75, 3.05) is 5.75 Å². The van der Waals surface area contributed by atoms with Gasteiger partial charge in [-0.3, -0.25) is 0 Å². The zero-order valence-electron chi connectivity index (χ0n) is 17.3. The van der Waals surface area contributed by atoms with Crippen molar-refractivity contribution < 1.29 is 0 Å². The molecule has 26 heavy (non-hydrogen) atoms. The molecule has 0 spiro atoms. The first-order chi connectivity index (χ1) is 12.2. The molecule has 0 fully saturated rings. The highest BCUT2D eigenvalue weighted by Gasteiger charge is 2.36. The molecule has 0 radical (unpaired) electrons. The van der Waals surface area contributed by atoms with Gasteiger partial charge in [0, 0.05) is 0 Å². The topological polar surface area (TPSA) is 0 Å². The smallest absolute Gasteiger partial charge is 0.0100 e. The van der Waals surface area contributed by atoms with Crippen molar-refractivity contribution in [1.82, 2.24) is 0 Å². The Hall–Kier alpha value is -1.47. The van der Waals surface area contributed by atoms with Gasteiger partial charge in [0.1, 0.15) is 0 Å². The Morgan fingerprint density at radius 1 is 0.923 bits per heavy atom. The Labute approximate surface area is 166 Å². The van der Waals surface area contributed by atoms with E-state index in [0.29, 0.717) is 5.41 Å². The molecule has 0 atom stereocenters. The number of benzene rings is 2. The quantitative estimate of drug-likeness (QED) is 0.412. The number of thiol groups is 1. The number of hydrogen-bond donors (Lipinski definition) is 1. The Morgan fingerprint density at radius 3 is 2.04 bits per heavy atom. The van der Waals surface area contributed by atoms with Gasteiger partial charge in [-0.05, 0) is 64.2 Å². The van der Waals surface area contributed by atoms with Crippen LogP contribution in [-0.2, 0) is 10.8 Å². The van der Waals surface area contributed by atoms with E-state index in [1.807, 2.05) is 6.92 Å². The molecule has 0 saturated carbocycles. The molecule has 0 heterocycles. The number of hydrogen-bond acceptors (Lipinski definition) is 1. The second-order valence-corrected chi connectivity index (χ2v) is 9.21. The van der Waals surface area contributed by atoms with Crippen LogP contribution in [-0.4, -0.2) is 5.75 Å². The number of allylic oxidation sites excluding steroid dienone is 1. The summed E-state index contributed by atoms with van der Waals surface area (Å²) in [4.78, 5) is 0. The summed E-state index contributed by atoms with van der Waals surface area (Å²) in [6.45, 7) is 13.8. The molecular formula is C25H34S. The fraction of sp³-hybridized carbons (Fsp3) is 0.440. The van der Waals surface area contributed by atoms with Crippen LogP contribution in [0.3, 0.4) is 0 Å². The minimum atomic E-state index is 0.272. The van der Waals surface area contributed by atoms with Gasteiger partial charge < -0.3 is 0 Å². The Kier molecular flexibility index (Phi) is 6.80. The lowest BCUT2D eigenvalue weighted by molar-refractivity contribution is 0.332. The third-order valence-corrected chi connectivity index (χ3v) is 5.49. The largest absolute Gasteiger partial charge is 0.180 e. The zero-order valence-corrected chi connectivity index (χ0v) is 18.2. The predicted octanol–water partition coefficient (Wildman–Crippen LogP) is 7.53. The van der Waals surface area contributed by atoms with Gasteiger partial charge in [-0.15, -0.1) is 0 Å². The molecule has 0 aromatic heterocycles. The van der Waals surface area contributed by atoms with Gasteiger partial charge in [-0.1, -0.05) is 89.2 Å². The molecule has 1 aliphatic carbocycles. The standard InChI is InChI=1S/C23H28.C2H6S/c1-17(15-18-9-7-6-8-10-18)19-11-12-20-21(16-19)23(4,5)14-13-22(20,2)3;1-2-3/h6-12,15-16H,13-14H2,1-5H3;3H,2H2,1H3/b17-15+;. The van der Waals surface area contributed by atoms with Gasteiger partial charge >= 0.3 is 0 Å². The summed E-state index contributed by atoms with van der Waals surface area (Å²) in [5.41, 5.74) is 7.57. The van der Waals surface area contributed by atoms with E-state index >= 15 is 0 Å². The molecule has 140 valence electrons. The molecule has 0 nitrogen and oxygen atoms in total. The lowest BCUT2D eigenvalue weighted by Gasteiger charge is -2.42.